The van der Waals surface area contributed by atoms with Crippen molar-refractivity contribution < 1.29 is 18.7 Å². The van der Waals surface area contributed by atoms with Gasteiger partial charge < -0.3 is 15.4 Å². The molecule has 1 saturated heterocycles. The first kappa shape index (κ1) is 19.0. The zero-order valence-electron chi connectivity index (χ0n) is 15.1. The van der Waals surface area contributed by atoms with E-state index in [1.165, 1.54) is 6.07 Å². The van der Waals surface area contributed by atoms with Gasteiger partial charge in [0.15, 0.2) is 0 Å². The Labute approximate surface area is 157 Å². The van der Waals surface area contributed by atoms with Gasteiger partial charge in [-0.3, -0.25) is 14.5 Å². The first-order valence-corrected chi connectivity index (χ1v) is 8.79. The molecular formula is C20H22FN3O3. The summed E-state index contributed by atoms with van der Waals surface area (Å²) in [7, 11) is 0. The fraction of sp³-hybridized carbons (Fsp3) is 0.300. The maximum absolute atomic E-state index is 13.6. The van der Waals surface area contributed by atoms with Crippen molar-refractivity contribution in [1.29, 1.82) is 0 Å². The van der Waals surface area contributed by atoms with Crippen molar-refractivity contribution in [2.75, 3.05) is 43.5 Å². The monoisotopic (exact) mass is 371 g/mol. The number of nitrogens with zero attached hydrogens (tertiary/aromatic N) is 1. The number of nitrogens with one attached hydrogen (secondary N) is 2. The summed E-state index contributed by atoms with van der Waals surface area (Å²) in [5.74, 6) is -0.900. The van der Waals surface area contributed by atoms with Gasteiger partial charge in [-0.2, -0.15) is 0 Å². The maximum atomic E-state index is 13.6. The highest BCUT2D eigenvalue weighted by atomic mass is 19.1. The van der Waals surface area contributed by atoms with E-state index in [2.05, 4.69) is 10.6 Å². The van der Waals surface area contributed by atoms with Crippen molar-refractivity contribution in [1.82, 2.24) is 4.90 Å². The van der Waals surface area contributed by atoms with Gasteiger partial charge in [0.2, 0.25) is 5.91 Å². The first-order valence-electron chi connectivity index (χ1n) is 8.79. The Morgan fingerprint density at radius 3 is 2.30 bits per heavy atom. The summed E-state index contributed by atoms with van der Waals surface area (Å²) in [6.45, 7) is 4.75. The number of morpholine rings is 1. The Bertz CT molecular complexity index is 818. The quantitative estimate of drug-likeness (QED) is 0.848. The lowest BCUT2D eigenvalue weighted by atomic mass is 10.1. The minimum absolute atomic E-state index is 0.0937. The summed E-state index contributed by atoms with van der Waals surface area (Å²) < 4.78 is 18.9. The molecule has 1 fully saturated rings. The van der Waals surface area contributed by atoms with Gasteiger partial charge in [-0.1, -0.05) is 6.07 Å². The molecule has 7 heteroatoms. The molecule has 0 spiro atoms. The predicted molar refractivity (Wildman–Crippen MR) is 101 cm³/mol. The molecule has 1 heterocycles. The van der Waals surface area contributed by atoms with Crippen molar-refractivity contribution in [3.05, 3.63) is 59.4 Å². The van der Waals surface area contributed by atoms with Gasteiger partial charge in [0.1, 0.15) is 5.82 Å². The van der Waals surface area contributed by atoms with Crippen molar-refractivity contribution in [3.8, 4) is 0 Å². The molecule has 1 aliphatic heterocycles. The molecule has 27 heavy (non-hydrogen) atoms. The average Bonchev–Trinajstić information content (AvgIpc) is 2.66. The third kappa shape index (κ3) is 5.35. The Morgan fingerprint density at radius 2 is 1.67 bits per heavy atom. The predicted octanol–water partition coefficient (Wildman–Crippen LogP) is 2.66. The summed E-state index contributed by atoms with van der Waals surface area (Å²) in [6, 6.07) is 11.2. The van der Waals surface area contributed by atoms with Gasteiger partial charge in [-0.05, 0) is 48.9 Å². The highest BCUT2D eigenvalue weighted by molar-refractivity contribution is 6.04. The van der Waals surface area contributed by atoms with Crippen LogP contribution in [0.5, 0.6) is 0 Å². The Kier molecular flexibility index (Phi) is 6.16. The minimum Gasteiger partial charge on any atom is -0.379 e. The number of carbonyl (C=O) groups excluding carboxylic acids is 2. The van der Waals surface area contributed by atoms with E-state index in [1.807, 2.05) is 4.90 Å². The number of amides is 2. The molecule has 0 saturated carbocycles. The number of carbonyl (C=O) groups is 2. The molecular weight excluding hydrogens is 349 g/mol. The Hall–Kier alpha value is -2.77. The standard InChI is InChI=1S/C20H22FN3O3/c1-14-2-3-15(12-18(14)21)20(26)23-17-6-4-16(5-7-17)22-19(25)13-24-8-10-27-11-9-24/h2-7,12H,8-11,13H2,1H3,(H,22,25)(H,23,26). The maximum Gasteiger partial charge on any atom is 0.255 e. The van der Waals surface area contributed by atoms with E-state index in [4.69, 9.17) is 4.74 Å². The molecule has 2 N–H and O–H groups in total. The average molecular weight is 371 g/mol. The van der Waals surface area contributed by atoms with Crippen molar-refractivity contribution >= 4 is 23.2 Å². The lowest BCUT2D eigenvalue weighted by molar-refractivity contribution is -0.118. The second kappa shape index (κ2) is 8.75. The second-order valence-corrected chi connectivity index (χ2v) is 6.43. The Morgan fingerprint density at radius 1 is 1.04 bits per heavy atom. The third-order valence-electron chi connectivity index (χ3n) is 4.33. The van der Waals surface area contributed by atoms with E-state index in [0.717, 1.165) is 13.1 Å². The minimum atomic E-state index is -0.416. The van der Waals surface area contributed by atoms with Gasteiger partial charge >= 0.3 is 0 Å². The van der Waals surface area contributed by atoms with E-state index in [-0.39, 0.29) is 11.5 Å². The first-order chi connectivity index (χ1) is 13.0. The number of aryl methyl sites for hydroxylation is 1. The van der Waals surface area contributed by atoms with Crippen LogP contribution in [-0.2, 0) is 9.53 Å². The molecule has 2 aromatic carbocycles. The Balaban J connectivity index is 1.54. The summed E-state index contributed by atoms with van der Waals surface area (Å²) in [4.78, 5) is 26.3. The van der Waals surface area contributed by atoms with E-state index in [1.54, 1.807) is 43.3 Å². The molecule has 142 valence electrons. The SMILES string of the molecule is Cc1ccc(C(=O)Nc2ccc(NC(=O)CN3CCOCC3)cc2)cc1F. The highest BCUT2D eigenvalue weighted by Crippen LogP contribution is 2.16. The second-order valence-electron chi connectivity index (χ2n) is 6.43. The van der Waals surface area contributed by atoms with Gasteiger partial charge in [0.05, 0.1) is 19.8 Å². The van der Waals surface area contributed by atoms with Crippen molar-refractivity contribution in [2.24, 2.45) is 0 Å². The molecule has 0 atom stereocenters. The summed E-state index contributed by atoms with van der Waals surface area (Å²) in [5.41, 5.74) is 1.95. The van der Waals surface area contributed by atoms with Crippen LogP contribution in [0.1, 0.15) is 15.9 Å². The fourth-order valence-electron chi connectivity index (χ4n) is 2.74. The lowest BCUT2D eigenvalue weighted by Crippen LogP contribution is -2.41. The molecule has 2 aromatic rings. The van der Waals surface area contributed by atoms with Gasteiger partial charge in [-0.15, -0.1) is 0 Å². The number of benzene rings is 2. The third-order valence-corrected chi connectivity index (χ3v) is 4.33. The number of hydrogen-bond acceptors (Lipinski definition) is 4. The van der Waals surface area contributed by atoms with E-state index < -0.39 is 11.7 Å². The van der Waals surface area contributed by atoms with Crippen LogP contribution in [0.25, 0.3) is 0 Å². The van der Waals surface area contributed by atoms with Crippen LogP contribution in [0.3, 0.4) is 0 Å². The number of rotatable bonds is 5. The molecule has 0 bridgehead atoms. The number of hydrogen-bond donors (Lipinski definition) is 2. The van der Waals surface area contributed by atoms with Crippen molar-refractivity contribution in [2.45, 2.75) is 6.92 Å². The van der Waals surface area contributed by atoms with Crippen molar-refractivity contribution in [3.63, 3.8) is 0 Å². The van der Waals surface area contributed by atoms with Gasteiger partial charge in [-0.25, -0.2) is 4.39 Å². The normalized spacial score (nSPS) is 14.6. The van der Waals surface area contributed by atoms with Crippen LogP contribution in [0.15, 0.2) is 42.5 Å². The zero-order chi connectivity index (χ0) is 19.2. The molecule has 0 aliphatic carbocycles. The topological polar surface area (TPSA) is 70.7 Å². The molecule has 2 amide bonds. The molecule has 0 radical (unpaired) electrons. The fourth-order valence-corrected chi connectivity index (χ4v) is 2.74. The number of anilines is 2. The van der Waals surface area contributed by atoms with Crippen LogP contribution in [0, 0.1) is 12.7 Å². The largest absolute Gasteiger partial charge is 0.379 e. The highest BCUT2D eigenvalue weighted by Gasteiger charge is 2.14. The van der Waals surface area contributed by atoms with E-state index in [0.29, 0.717) is 36.7 Å². The van der Waals surface area contributed by atoms with Gasteiger partial charge in [0, 0.05) is 30.0 Å². The molecule has 1 aliphatic rings. The smallest absolute Gasteiger partial charge is 0.255 e. The molecule has 0 unspecified atom stereocenters. The van der Waals surface area contributed by atoms with Gasteiger partial charge in [0.25, 0.3) is 5.91 Å². The van der Waals surface area contributed by atoms with Crippen LogP contribution < -0.4 is 10.6 Å². The summed E-state index contributed by atoms with van der Waals surface area (Å²) in [6.07, 6.45) is 0. The van der Waals surface area contributed by atoms with Crippen LogP contribution in [-0.4, -0.2) is 49.6 Å². The lowest BCUT2D eigenvalue weighted by Gasteiger charge is -2.25. The molecule has 6 nitrogen and oxygen atoms in total. The molecule has 3 rings (SSSR count). The van der Waals surface area contributed by atoms with Crippen LogP contribution >= 0.6 is 0 Å². The zero-order valence-corrected chi connectivity index (χ0v) is 15.1. The number of ether oxygens (including phenoxy) is 1. The van der Waals surface area contributed by atoms with E-state index in [9.17, 15) is 14.0 Å². The van der Waals surface area contributed by atoms with Crippen LogP contribution in [0.2, 0.25) is 0 Å². The summed E-state index contributed by atoms with van der Waals surface area (Å²) in [5, 5.41) is 5.54. The summed E-state index contributed by atoms with van der Waals surface area (Å²) >= 11 is 0. The molecule has 0 aromatic heterocycles. The van der Waals surface area contributed by atoms with Crippen LogP contribution in [0.4, 0.5) is 15.8 Å². The van der Waals surface area contributed by atoms with E-state index >= 15 is 0 Å². The number of halogens is 1.